The van der Waals surface area contributed by atoms with Crippen molar-refractivity contribution in [3.05, 3.63) is 102 Å². The minimum Gasteiger partial charge on any atom is -0.488 e. The number of ether oxygens (including phenoxy) is 1. The molecule has 3 aromatic rings. The van der Waals surface area contributed by atoms with Gasteiger partial charge in [-0.15, -0.1) is 0 Å². The van der Waals surface area contributed by atoms with Crippen molar-refractivity contribution in [1.29, 1.82) is 0 Å². The summed E-state index contributed by atoms with van der Waals surface area (Å²) in [5, 5.41) is 10.4. The highest BCUT2D eigenvalue weighted by atomic mass is 19.1. The van der Waals surface area contributed by atoms with E-state index in [-0.39, 0.29) is 18.4 Å². The van der Waals surface area contributed by atoms with Crippen LogP contribution in [0.1, 0.15) is 17.2 Å². The maximum Gasteiger partial charge on any atom is 0.165 e. The third-order valence-corrected chi connectivity index (χ3v) is 5.74. The zero-order valence-electron chi connectivity index (χ0n) is 17.6. The average Bonchev–Trinajstić information content (AvgIpc) is 2.81. The van der Waals surface area contributed by atoms with Crippen molar-refractivity contribution in [3.63, 3.8) is 0 Å². The van der Waals surface area contributed by atoms with E-state index in [9.17, 15) is 9.50 Å². The van der Waals surface area contributed by atoms with Crippen LogP contribution in [0.25, 0.3) is 0 Å². The Bertz CT molecular complexity index is 891. The number of aliphatic hydroxyl groups is 1. The summed E-state index contributed by atoms with van der Waals surface area (Å²) in [5.41, 5.74) is 2.58. The van der Waals surface area contributed by atoms with Crippen LogP contribution in [-0.4, -0.2) is 60.3 Å². The number of para-hydroxylation sites is 1. The molecule has 31 heavy (non-hydrogen) atoms. The fourth-order valence-corrected chi connectivity index (χ4v) is 4.19. The summed E-state index contributed by atoms with van der Waals surface area (Å²) in [5.74, 6) is -0.226. The summed E-state index contributed by atoms with van der Waals surface area (Å²) in [6.07, 6.45) is -0.662. The molecule has 1 aliphatic rings. The summed E-state index contributed by atoms with van der Waals surface area (Å²) in [6.45, 7) is 4.16. The van der Waals surface area contributed by atoms with E-state index in [2.05, 4.69) is 58.3 Å². The Morgan fingerprint density at radius 3 is 1.90 bits per heavy atom. The zero-order chi connectivity index (χ0) is 21.5. The molecular formula is C26H29FN2O2. The lowest BCUT2D eigenvalue weighted by atomic mass is 9.96. The first-order valence-electron chi connectivity index (χ1n) is 10.8. The molecule has 1 unspecified atom stereocenters. The fraction of sp³-hybridized carbons (Fsp3) is 0.308. The first kappa shape index (κ1) is 21.5. The topological polar surface area (TPSA) is 35.9 Å². The van der Waals surface area contributed by atoms with Gasteiger partial charge in [0.1, 0.15) is 12.7 Å². The maximum atomic E-state index is 13.7. The average molecular weight is 421 g/mol. The van der Waals surface area contributed by atoms with Crippen LogP contribution in [0, 0.1) is 5.82 Å². The van der Waals surface area contributed by atoms with Crippen LogP contribution in [0.15, 0.2) is 84.9 Å². The van der Waals surface area contributed by atoms with E-state index in [0.29, 0.717) is 6.54 Å². The number of rotatable bonds is 8. The Morgan fingerprint density at radius 1 is 0.774 bits per heavy atom. The van der Waals surface area contributed by atoms with Crippen LogP contribution in [0.4, 0.5) is 4.39 Å². The van der Waals surface area contributed by atoms with Crippen LogP contribution in [0.2, 0.25) is 0 Å². The van der Waals surface area contributed by atoms with Crippen LogP contribution in [0.3, 0.4) is 0 Å². The second-order valence-corrected chi connectivity index (χ2v) is 7.96. The van der Waals surface area contributed by atoms with Gasteiger partial charge in [0, 0.05) is 32.7 Å². The second kappa shape index (κ2) is 10.5. The Balaban J connectivity index is 1.33. The number of piperazine rings is 1. The van der Waals surface area contributed by atoms with Gasteiger partial charge in [0.15, 0.2) is 11.6 Å². The summed E-state index contributed by atoms with van der Waals surface area (Å²) in [4.78, 5) is 4.75. The van der Waals surface area contributed by atoms with Gasteiger partial charge in [0.05, 0.1) is 6.04 Å². The molecule has 0 amide bonds. The monoisotopic (exact) mass is 420 g/mol. The van der Waals surface area contributed by atoms with Gasteiger partial charge in [-0.1, -0.05) is 72.8 Å². The largest absolute Gasteiger partial charge is 0.488 e. The van der Waals surface area contributed by atoms with E-state index in [1.165, 1.54) is 17.2 Å². The third-order valence-electron chi connectivity index (χ3n) is 5.74. The highest BCUT2D eigenvalue weighted by Crippen LogP contribution is 2.29. The van der Waals surface area contributed by atoms with E-state index < -0.39 is 11.9 Å². The number of benzene rings is 3. The first-order chi connectivity index (χ1) is 15.2. The molecule has 1 heterocycles. The Morgan fingerprint density at radius 2 is 1.32 bits per heavy atom. The van der Waals surface area contributed by atoms with Gasteiger partial charge < -0.3 is 9.84 Å². The van der Waals surface area contributed by atoms with Gasteiger partial charge >= 0.3 is 0 Å². The lowest BCUT2D eigenvalue weighted by molar-refractivity contribution is 0.0393. The van der Waals surface area contributed by atoms with Crippen molar-refractivity contribution in [1.82, 2.24) is 9.80 Å². The molecule has 1 atom stereocenters. The van der Waals surface area contributed by atoms with Crippen LogP contribution in [-0.2, 0) is 0 Å². The van der Waals surface area contributed by atoms with Gasteiger partial charge in [-0.25, -0.2) is 4.39 Å². The lowest BCUT2D eigenvalue weighted by Gasteiger charge is -2.40. The number of β-amino-alcohol motifs (C(OH)–C–C–N with tert-alkyl or cyclic N) is 1. The van der Waals surface area contributed by atoms with Crippen molar-refractivity contribution >= 4 is 0 Å². The zero-order valence-corrected chi connectivity index (χ0v) is 17.6. The Hall–Kier alpha value is -2.73. The minimum atomic E-state index is -0.662. The molecule has 1 aliphatic heterocycles. The van der Waals surface area contributed by atoms with E-state index in [4.69, 9.17) is 4.74 Å². The van der Waals surface area contributed by atoms with Crippen LogP contribution in [0.5, 0.6) is 5.75 Å². The molecule has 0 aliphatic carbocycles. The van der Waals surface area contributed by atoms with Gasteiger partial charge in [0.2, 0.25) is 0 Å². The van der Waals surface area contributed by atoms with Crippen molar-refractivity contribution in [2.24, 2.45) is 0 Å². The molecule has 0 bridgehead atoms. The highest BCUT2D eigenvalue weighted by Gasteiger charge is 2.27. The molecule has 3 aromatic carbocycles. The van der Waals surface area contributed by atoms with Crippen molar-refractivity contribution in [2.45, 2.75) is 12.1 Å². The van der Waals surface area contributed by atoms with Gasteiger partial charge in [-0.3, -0.25) is 9.80 Å². The number of halogens is 1. The van der Waals surface area contributed by atoms with Crippen LogP contribution >= 0.6 is 0 Å². The van der Waals surface area contributed by atoms with Crippen molar-refractivity contribution in [2.75, 3.05) is 39.3 Å². The van der Waals surface area contributed by atoms with Gasteiger partial charge in [-0.2, -0.15) is 0 Å². The molecule has 1 saturated heterocycles. The Labute approximate surface area is 183 Å². The molecule has 4 nitrogen and oxygen atoms in total. The SMILES string of the molecule is OC(COc1ccccc1F)CN1CCN(C(c2ccccc2)c2ccccc2)CC1. The molecule has 1 N–H and O–H groups in total. The number of nitrogens with zero attached hydrogens (tertiary/aromatic N) is 2. The quantitative estimate of drug-likeness (QED) is 0.598. The standard InChI is InChI=1S/C26H29FN2O2/c27-24-13-7-8-14-25(24)31-20-23(30)19-28-15-17-29(18-16-28)26(21-9-3-1-4-10-21)22-11-5-2-6-12-22/h1-14,23,26,30H,15-20H2. The van der Waals surface area contributed by atoms with E-state index >= 15 is 0 Å². The summed E-state index contributed by atoms with van der Waals surface area (Å²) >= 11 is 0. The molecule has 0 aromatic heterocycles. The van der Waals surface area contributed by atoms with E-state index in [1.54, 1.807) is 18.2 Å². The predicted molar refractivity (Wildman–Crippen MR) is 121 cm³/mol. The number of aliphatic hydroxyl groups excluding tert-OH is 1. The maximum absolute atomic E-state index is 13.7. The summed E-state index contributed by atoms with van der Waals surface area (Å²) in [6, 6.07) is 27.7. The van der Waals surface area contributed by atoms with E-state index in [0.717, 1.165) is 26.2 Å². The summed E-state index contributed by atoms with van der Waals surface area (Å²) in [7, 11) is 0. The predicted octanol–water partition coefficient (Wildman–Crippen LogP) is 3.97. The minimum absolute atomic E-state index is 0.0812. The molecular weight excluding hydrogens is 391 g/mol. The molecule has 5 heteroatoms. The number of hydrogen-bond donors (Lipinski definition) is 1. The van der Waals surface area contributed by atoms with E-state index in [1.807, 2.05) is 12.1 Å². The second-order valence-electron chi connectivity index (χ2n) is 7.96. The highest BCUT2D eigenvalue weighted by molar-refractivity contribution is 5.32. The lowest BCUT2D eigenvalue weighted by Crippen LogP contribution is -2.50. The van der Waals surface area contributed by atoms with Gasteiger partial charge in [-0.05, 0) is 23.3 Å². The molecule has 4 rings (SSSR count). The molecule has 1 fully saturated rings. The van der Waals surface area contributed by atoms with Crippen LogP contribution < -0.4 is 4.74 Å². The fourth-order valence-electron chi connectivity index (χ4n) is 4.19. The molecule has 162 valence electrons. The third kappa shape index (κ3) is 5.70. The van der Waals surface area contributed by atoms with Crippen molar-refractivity contribution < 1.29 is 14.2 Å². The molecule has 0 radical (unpaired) electrons. The Kier molecular flexibility index (Phi) is 7.30. The van der Waals surface area contributed by atoms with Crippen molar-refractivity contribution in [3.8, 4) is 5.75 Å². The van der Waals surface area contributed by atoms with Gasteiger partial charge in [0.25, 0.3) is 0 Å². The number of hydrogen-bond acceptors (Lipinski definition) is 4. The molecule has 0 saturated carbocycles. The molecule has 0 spiro atoms. The summed E-state index contributed by atoms with van der Waals surface area (Å²) < 4.78 is 19.1. The normalized spacial score (nSPS) is 16.4. The smallest absolute Gasteiger partial charge is 0.165 e. The first-order valence-corrected chi connectivity index (χ1v) is 10.8.